The van der Waals surface area contributed by atoms with Crippen LogP contribution in [0.25, 0.3) is 0 Å². The van der Waals surface area contributed by atoms with Gasteiger partial charge in [-0.2, -0.15) is 0 Å². The third kappa shape index (κ3) is 4.56. The molecule has 1 aromatic heterocycles. The third-order valence-corrected chi connectivity index (χ3v) is 3.19. The van der Waals surface area contributed by atoms with Gasteiger partial charge in [-0.05, 0) is 26.2 Å². The number of aromatic amines is 1. The Morgan fingerprint density at radius 1 is 1.63 bits per heavy atom. The number of rotatable bonds is 7. The lowest BCUT2D eigenvalue weighted by Crippen LogP contribution is -2.10. The summed E-state index contributed by atoms with van der Waals surface area (Å²) in [7, 11) is 0. The van der Waals surface area contributed by atoms with E-state index in [0.717, 1.165) is 57.3 Å². The summed E-state index contributed by atoms with van der Waals surface area (Å²) in [6.45, 7) is 5.19. The van der Waals surface area contributed by atoms with Crippen molar-refractivity contribution in [3.63, 3.8) is 0 Å². The maximum atomic E-state index is 5.62. The van der Waals surface area contributed by atoms with Gasteiger partial charge in [-0.15, -0.1) is 0 Å². The molecule has 1 unspecified atom stereocenters. The van der Waals surface area contributed by atoms with Crippen LogP contribution in [0.4, 0.5) is 5.82 Å². The minimum absolute atomic E-state index is 0.0619. The van der Waals surface area contributed by atoms with Crippen LogP contribution in [0, 0.1) is 4.64 Å². The summed E-state index contributed by atoms with van der Waals surface area (Å²) in [5.41, 5.74) is 0. The highest BCUT2D eigenvalue weighted by atomic mass is 32.1. The van der Waals surface area contributed by atoms with Crippen LogP contribution < -0.4 is 5.32 Å². The predicted molar refractivity (Wildman–Crippen MR) is 76.9 cm³/mol. The van der Waals surface area contributed by atoms with E-state index in [4.69, 9.17) is 21.7 Å². The van der Waals surface area contributed by atoms with E-state index >= 15 is 0 Å². The first-order valence-electron chi connectivity index (χ1n) is 6.84. The zero-order valence-electron chi connectivity index (χ0n) is 11.3. The number of hydrogen-bond donors (Lipinski definition) is 2. The second kappa shape index (κ2) is 7.57. The van der Waals surface area contributed by atoms with Crippen molar-refractivity contribution in [3.8, 4) is 0 Å². The Kier molecular flexibility index (Phi) is 5.75. The molecule has 1 aromatic rings. The number of H-pyrrole nitrogens is 1. The van der Waals surface area contributed by atoms with Crippen molar-refractivity contribution < 1.29 is 9.47 Å². The molecule has 1 aliphatic heterocycles. The molecule has 2 N–H and O–H groups in total. The maximum absolute atomic E-state index is 5.62. The average Bonchev–Trinajstić information content (AvgIpc) is 2.92. The molecular formula is C13H21N3O2S. The highest BCUT2D eigenvalue weighted by Gasteiger charge is 2.19. The molecule has 0 saturated carbocycles. The third-order valence-electron chi connectivity index (χ3n) is 2.98. The van der Waals surface area contributed by atoms with Crippen LogP contribution in [-0.2, 0) is 9.47 Å². The quantitative estimate of drug-likeness (QED) is 0.595. The minimum atomic E-state index is 0.0619. The molecule has 2 heterocycles. The van der Waals surface area contributed by atoms with Gasteiger partial charge in [-0.25, -0.2) is 4.98 Å². The predicted octanol–water partition coefficient (Wildman–Crippen LogP) is 2.83. The van der Waals surface area contributed by atoms with Gasteiger partial charge >= 0.3 is 0 Å². The van der Waals surface area contributed by atoms with Crippen LogP contribution in [0.2, 0.25) is 0 Å². The van der Waals surface area contributed by atoms with Gasteiger partial charge in [0.2, 0.25) is 0 Å². The normalized spacial score (nSPS) is 18.7. The van der Waals surface area contributed by atoms with Crippen molar-refractivity contribution in [1.82, 2.24) is 9.97 Å². The Bertz CT molecular complexity index is 444. The van der Waals surface area contributed by atoms with Crippen LogP contribution in [0.15, 0.2) is 6.07 Å². The molecule has 1 fully saturated rings. The summed E-state index contributed by atoms with van der Waals surface area (Å²) in [6.07, 6.45) is 3.11. The highest BCUT2D eigenvalue weighted by Crippen LogP contribution is 2.26. The molecule has 0 spiro atoms. The molecule has 1 atom stereocenters. The van der Waals surface area contributed by atoms with Crippen molar-refractivity contribution in [2.24, 2.45) is 0 Å². The van der Waals surface area contributed by atoms with Crippen molar-refractivity contribution in [2.45, 2.75) is 32.3 Å². The van der Waals surface area contributed by atoms with Gasteiger partial charge in [0, 0.05) is 32.4 Å². The number of ether oxygens (including phenoxy) is 2. The first-order valence-corrected chi connectivity index (χ1v) is 7.25. The van der Waals surface area contributed by atoms with Crippen LogP contribution in [0.1, 0.15) is 38.1 Å². The second-order valence-corrected chi connectivity index (χ2v) is 4.92. The van der Waals surface area contributed by atoms with Gasteiger partial charge < -0.3 is 19.8 Å². The summed E-state index contributed by atoms with van der Waals surface area (Å²) < 4.78 is 11.5. The fraction of sp³-hybridized carbons (Fsp3) is 0.692. The highest BCUT2D eigenvalue weighted by molar-refractivity contribution is 7.71. The van der Waals surface area contributed by atoms with Crippen LogP contribution in [-0.4, -0.2) is 36.3 Å². The number of anilines is 1. The van der Waals surface area contributed by atoms with E-state index in [1.807, 2.05) is 13.0 Å². The molecule has 0 bridgehead atoms. The Morgan fingerprint density at radius 2 is 2.53 bits per heavy atom. The van der Waals surface area contributed by atoms with Crippen molar-refractivity contribution >= 4 is 18.0 Å². The van der Waals surface area contributed by atoms with E-state index in [1.165, 1.54) is 0 Å². The minimum Gasteiger partial charge on any atom is -0.382 e. The van der Waals surface area contributed by atoms with E-state index in [9.17, 15) is 0 Å². The summed E-state index contributed by atoms with van der Waals surface area (Å²) in [5, 5.41) is 3.31. The number of nitrogens with zero attached hydrogens (tertiary/aromatic N) is 1. The number of aromatic nitrogens is 2. The number of hydrogen-bond acceptors (Lipinski definition) is 5. The molecule has 0 amide bonds. The van der Waals surface area contributed by atoms with E-state index < -0.39 is 0 Å². The average molecular weight is 283 g/mol. The molecule has 0 aromatic carbocycles. The smallest absolute Gasteiger partial charge is 0.138 e. The van der Waals surface area contributed by atoms with Crippen molar-refractivity contribution in [3.05, 3.63) is 16.5 Å². The monoisotopic (exact) mass is 283 g/mol. The molecule has 0 radical (unpaired) electrons. The zero-order valence-corrected chi connectivity index (χ0v) is 12.1. The lowest BCUT2D eigenvalue weighted by molar-refractivity contribution is 0.105. The van der Waals surface area contributed by atoms with Crippen molar-refractivity contribution in [2.75, 3.05) is 31.7 Å². The Labute approximate surface area is 118 Å². The van der Waals surface area contributed by atoms with Crippen LogP contribution in [0.3, 0.4) is 0 Å². The van der Waals surface area contributed by atoms with Gasteiger partial charge in [0.25, 0.3) is 0 Å². The first-order chi connectivity index (χ1) is 9.29. The Morgan fingerprint density at radius 3 is 3.26 bits per heavy atom. The first kappa shape index (κ1) is 14.4. The molecular weight excluding hydrogens is 262 g/mol. The summed E-state index contributed by atoms with van der Waals surface area (Å²) >= 11 is 5.19. The molecule has 6 heteroatoms. The lowest BCUT2D eigenvalue weighted by Gasteiger charge is -2.12. The van der Waals surface area contributed by atoms with Gasteiger partial charge in [0.1, 0.15) is 22.4 Å². The van der Waals surface area contributed by atoms with Gasteiger partial charge in [-0.3, -0.25) is 0 Å². The standard InChI is InChI=1S/C13H21N3O2S/c1-2-17-7-4-6-14-11-9-12(19)16-13(15-11)10-5-3-8-18-10/h9-10H,2-8H2,1H3,(H2,14,15,16,19). The van der Waals surface area contributed by atoms with E-state index in [-0.39, 0.29) is 6.10 Å². The largest absolute Gasteiger partial charge is 0.382 e. The zero-order chi connectivity index (χ0) is 13.5. The number of nitrogens with one attached hydrogen (secondary N) is 2. The molecule has 19 heavy (non-hydrogen) atoms. The van der Waals surface area contributed by atoms with E-state index in [2.05, 4.69) is 15.3 Å². The Balaban J connectivity index is 1.91. The fourth-order valence-electron chi connectivity index (χ4n) is 2.06. The van der Waals surface area contributed by atoms with Crippen LogP contribution >= 0.6 is 12.2 Å². The SMILES string of the molecule is CCOCCCNc1cc(=S)nc(C2CCCO2)[nH]1. The van der Waals surface area contributed by atoms with Crippen LogP contribution in [0.5, 0.6) is 0 Å². The van der Waals surface area contributed by atoms with E-state index in [0.29, 0.717) is 4.64 Å². The van der Waals surface area contributed by atoms with Gasteiger partial charge in [0.15, 0.2) is 0 Å². The molecule has 5 nitrogen and oxygen atoms in total. The van der Waals surface area contributed by atoms with E-state index in [1.54, 1.807) is 0 Å². The molecule has 2 rings (SSSR count). The van der Waals surface area contributed by atoms with Crippen molar-refractivity contribution in [1.29, 1.82) is 0 Å². The molecule has 1 saturated heterocycles. The second-order valence-electron chi connectivity index (χ2n) is 4.50. The topological polar surface area (TPSA) is 59.2 Å². The summed E-state index contributed by atoms with van der Waals surface area (Å²) in [6, 6.07) is 1.84. The lowest BCUT2D eigenvalue weighted by atomic mass is 10.2. The summed E-state index contributed by atoms with van der Waals surface area (Å²) in [5.74, 6) is 1.74. The molecule has 0 aliphatic carbocycles. The summed E-state index contributed by atoms with van der Waals surface area (Å²) in [4.78, 5) is 7.61. The maximum Gasteiger partial charge on any atom is 0.138 e. The van der Waals surface area contributed by atoms with Gasteiger partial charge in [-0.1, -0.05) is 12.2 Å². The molecule has 1 aliphatic rings. The Hall–Kier alpha value is -0.980. The van der Waals surface area contributed by atoms with Gasteiger partial charge in [0.05, 0.1) is 0 Å². The molecule has 106 valence electrons. The fourth-order valence-corrected chi connectivity index (χ4v) is 2.28.